The molecule has 0 saturated carbocycles. The molecule has 1 atom stereocenters. The number of carbonyl (C=O) groups is 3. The summed E-state index contributed by atoms with van der Waals surface area (Å²) in [6.07, 6.45) is 3.37. The first-order valence-corrected chi connectivity index (χ1v) is 11.8. The highest BCUT2D eigenvalue weighted by atomic mass is 16.4. The van der Waals surface area contributed by atoms with Crippen molar-refractivity contribution < 1.29 is 19.5 Å². The lowest BCUT2D eigenvalue weighted by Crippen LogP contribution is -2.41. The second-order valence-corrected chi connectivity index (χ2v) is 8.51. The summed E-state index contributed by atoms with van der Waals surface area (Å²) in [6, 6.07) is 5.48. The summed E-state index contributed by atoms with van der Waals surface area (Å²) in [4.78, 5) is 54.6. The number of hydrogen-bond acceptors (Lipinski definition) is 10. The average molecular weight is 510 g/mol. The molecule has 2 heterocycles. The van der Waals surface area contributed by atoms with Gasteiger partial charge in [-0.05, 0) is 37.1 Å². The van der Waals surface area contributed by atoms with Gasteiger partial charge in [-0.1, -0.05) is 13.3 Å². The maximum Gasteiger partial charge on any atom is 0.326 e. The predicted molar refractivity (Wildman–Crippen MR) is 139 cm³/mol. The fourth-order valence-electron chi connectivity index (χ4n) is 3.53. The highest BCUT2D eigenvalue weighted by Gasteiger charge is 2.22. The summed E-state index contributed by atoms with van der Waals surface area (Å²) in [5, 5.41) is 14.7. The van der Waals surface area contributed by atoms with Gasteiger partial charge in [-0.15, -0.1) is 0 Å². The Morgan fingerprint density at radius 1 is 1.11 bits per heavy atom. The highest BCUT2D eigenvalue weighted by Crippen LogP contribution is 2.19. The van der Waals surface area contributed by atoms with Crippen molar-refractivity contribution in [3.8, 4) is 0 Å². The minimum atomic E-state index is -1.20. The molecule has 0 saturated heterocycles. The van der Waals surface area contributed by atoms with Gasteiger partial charge >= 0.3 is 5.97 Å². The molecule has 0 aliphatic rings. The Bertz CT molecular complexity index is 1270. The number of aromatic nitrogens is 4. The molecular formula is C24H31N9O4. The monoisotopic (exact) mass is 509 g/mol. The molecule has 0 radical (unpaired) electrons. The van der Waals surface area contributed by atoms with Crippen LogP contribution in [0.4, 0.5) is 17.5 Å². The number of carboxylic acid groups (broad SMARTS) is 1. The Hall–Kier alpha value is -4.55. The van der Waals surface area contributed by atoms with Gasteiger partial charge in [-0.2, -0.15) is 9.97 Å². The van der Waals surface area contributed by atoms with Gasteiger partial charge in [-0.3, -0.25) is 9.59 Å². The number of carboxylic acids is 1. The third-order valence-corrected chi connectivity index (χ3v) is 5.59. The second kappa shape index (κ2) is 12.4. The van der Waals surface area contributed by atoms with E-state index in [0.717, 1.165) is 18.5 Å². The number of rotatable bonds is 12. The quantitative estimate of drug-likeness (QED) is 0.219. The van der Waals surface area contributed by atoms with Crippen molar-refractivity contribution in [2.75, 3.05) is 30.0 Å². The number of hydrogen-bond donors (Lipinski definition) is 5. The molecule has 13 heteroatoms. The van der Waals surface area contributed by atoms with Gasteiger partial charge in [-0.25, -0.2) is 14.8 Å². The Balaban J connectivity index is 1.59. The number of fused-ring (bicyclic) bond motifs is 1. The Kier molecular flexibility index (Phi) is 9.08. The van der Waals surface area contributed by atoms with Gasteiger partial charge in [0, 0.05) is 31.3 Å². The Morgan fingerprint density at radius 3 is 2.51 bits per heavy atom. The molecule has 3 aromatic rings. The van der Waals surface area contributed by atoms with Crippen LogP contribution in [0.1, 0.15) is 48.7 Å². The number of aliphatic carboxylic acids is 1. The molecule has 0 fully saturated rings. The standard InChI is InChI=1S/C24H31N9O4/c1-3-4-11-27-18(34)10-9-17(23(36)37)30-22(35)14-5-7-16(8-6-14)33(2)13-15-12-28-21-19(29-15)20(25)31-24(26)32-21/h5-8,12,17H,3-4,9-11,13H2,1-2H3,(H,27,34)(H,30,35)(H,36,37)(H4,25,26,28,31,32)/t17-/m0/s1. The number of nitrogens with two attached hydrogens (primary N) is 2. The van der Waals surface area contributed by atoms with Crippen LogP contribution in [0.5, 0.6) is 0 Å². The lowest BCUT2D eigenvalue weighted by atomic mass is 10.1. The third kappa shape index (κ3) is 7.46. The Morgan fingerprint density at radius 2 is 1.84 bits per heavy atom. The summed E-state index contributed by atoms with van der Waals surface area (Å²) in [7, 11) is 1.84. The van der Waals surface area contributed by atoms with E-state index in [1.54, 1.807) is 30.5 Å². The van der Waals surface area contributed by atoms with Crippen molar-refractivity contribution in [3.63, 3.8) is 0 Å². The molecule has 37 heavy (non-hydrogen) atoms. The maximum absolute atomic E-state index is 12.6. The smallest absolute Gasteiger partial charge is 0.326 e. The second-order valence-electron chi connectivity index (χ2n) is 8.51. The molecule has 196 valence electrons. The fraction of sp³-hybridized carbons (Fsp3) is 0.375. The summed E-state index contributed by atoms with van der Waals surface area (Å²) in [6.45, 7) is 2.95. The molecule has 2 aromatic heterocycles. The van der Waals surface area contributed by atoms with E-state index in [4.69, 9.17) is 11.5 Å². The summed E-state index contributed by atoms with van der Waals surface area (Å²) < 4.78 is 0. The molecule has 0 aliphatic carbocycles. The summed E-state index contributed by atoms with van der Waals surface area (Å²) in [5.74, 6) is -1.81. The summed E-state index contributed by atoms with van der Waals surface area (Å²) in [5.41, 5.74) is 13.9. The van der Waals surface area contributed by atoms with Gasteiger partial charge < -0.3 is 32.1 Å². The summed E-state index contributed by atoms with van der Waals surface area (Å²) >= 11 is 0. The number of nitrogens with one attached hydrogen (secondary N) is 2. The number of anilines is 3. The van der Waals surface area contributed by atoms with Gasteiger partial charge in [0.1, 0.15) is 6.04 Å². The highest BCUT2D eigenvalue weighted by molar-refractivity contribution is 5.97. The van der Waals surface area contributed by atoms with Crippen LogP contribution in [0.25, 0.3) is 11.2 Å². The van der Waals surface area contributed by atoms with Gasteiger partial charge in [0.25, 0.3) is 5.91 Å². The lowest BCUT2D eigenvalue weighted by molar-refractivity contribution is -0.139. The number of nitrogen functional groups attached to an aromatic ring is 2. The van der Waals surface area contributed by atoms with E-state index in [1.807, 2.05) is 18.9 Å². The molecule has 13 nitrogen and oxygen atoms in total. The largest absolute Gasteiger partial charge is 0.480 e. The van der Waals surface area contributed by atoms with E-state index >= 15 is 0 Å². The van der Waals surface area contributed by atoms with Crippen molar-refractivity contribution in [3.05, 3.63) is 41.7 Å². The van der Waals surface area contributed by atoms with Crippen molar-refractivity contribution in [2.45, 2.75) is 45.2 Å². The molecular weight excluding hydrogens is 478 g/mol. The third-order valence-electron chi connectivity index (χ3n) is 5.59. The minimum Gasteiger partial charge on any atom is -0.480 e. The van der Waals surface area contributed by atoms with Crippen LogP contribution < -0.4 is 27.0 Å². The molecule has 0 unspecified atom stereocenters. The SMILES string of the molecule is CCCCNC(=O)CC[C@H](NC(=O)c1ccc(N(C)Cc2cnc3nc(N)nc(N)c3n2)cc1)C(=O)O. The first-order chi connectivity index (χ1) is 17.7. The van der Waals surface area contributed by atoms with E-state index in [1.165, 1.54) is 0 Å². The molecule has 0 bridgehead atoms. The number of benzene rings is 1. The van der Waals surface area contributed by atoms with E-state index in [-0.39, 0.29) is 30.5 Å². The zero-order valence-electron chi connectivity index (χ0n) is 20.8. The van der Waals surface area contributed by atoms with Crippen LogP contribution in [-0.2, 0) is 16.1 Å². The van der Waals surface area contributed by atoms with Crippen molar-refractivity contribution in [1.82, 2.24) is 30.6 Å². The number of unbranched alkanes of at least 4 members (excludes halogenated alkanes) is 1. The number of amides is 2. The van der Waals surface area contributed by atoms with E-state index in [0.29, 0.717) is 35.5 Å². The van der Waals surface area contributed by atoms with Crippen LogP contribution in [-0.4, -0.2) is 62.5 Å². The molecule has 2 amide bonds. The van der Waals surface area contributed by atoms with Crippen molar-refractivity contribution in [2.24, 2.45) is 0 Å². The lowest BCUT2D eigenvalue weighted by Gasteiger charge is -2.19. The zero-order valence-corrected chi connectivity index (χ0v) is 20.8. The van der Waals surface area contributed by atoms with E-state index in [2.05, 4.69) is 30.6 Å². The average Bonchev–Trinajstić information content (AvgIpc) is 2.86. The first kappa shape index (κ1) is 27.0. The molecule has 3 rings (SSSR count). The van der Waals surface area contributed by atoms with Gasteiger partial charge in [0.15, 0.2) is 17.0 Å². The first-order valence-electron chi connectivity index (χ1n) is 11.8. The molecule has 1 aromatic carbocycles. The van der Waals surface area contributed by atoms with Crippen LogP contribution in [0, 0.1) is 0 Å². The number of nitrogens with zero attached hydrogens (tertiary/aromatic N) is 5. The van der Waals surface area contributed by atoms with E-state index in [9.17, 15) is 19.5 Å². The van der Waals surface area contributed by atoms with Crippen molar-refractivity contribution in [1.29, 1.82) is 0 Å². The topological polar surface area (TPSA) is 202 Å². The van der Waals surface area contributed by atoms with Gasteiger partial charge in [0.05, 0.1) is 18.4 Å². The van der Waals surface area contributed by atoms with Crippen LogP contribution in [0.2, 0.25) is 0 Å². The molecule has 0 spiro atoms. The maximum atomic E-state index is 12.6. The van der Waals surface area contributed by atoms with Crippen LogP contribution >= 0.6 is 0 Å². The molecule has 7 N–H and O–H groups in total. The van der Waals surface area contributed by atoms with Crippen molar-refractivity contribution >= 4 is 46.4 Å². The number of carbonyl (C=O) groups excluding carboxylic acids is 2. The van der Waals surface area contributed by atoms with Crippen LogP contribution in [0.15, 0.2) is 30.5 Å². The Labute approximate surface area is 213 Å². The minimum absolute atomic E-state index is 0.00517. The van der Waals surface area contributed by atoms with E-state index < -0.39 is 17.9 Å². The van der Waals surface area contributed by atoms with Gasteiger partial charge in [0.2, 0.25) is 11.9 Å². The fourth-order valence-corrected chi connectivity index (χ4v) is 3.53. The van der Waals surface area contributed by atoms with Crippen LogP contribution in [0.3, 0.4) is 0 Å². The zero-order chi connectivity index (χ0) is 26.9. The predicted octanol–water partition coefficient (Wildman–Crippen LogP) is 1.10. The normalized spacial score (nSPS) is 11.6. The molecule has 0 aliphatic heterocycles.